The van der Waals surface area contributed by atoms with Gasteiger partial charge in [0.2, 0.25) is 21.8 Å². The Bertz CT molecular complexity index is 1070. The lowest BCUT2D eigenvalue weighted by molar-refractivity contribution is -0.120. The standard InChI is InChI=1S/C23H25N3O4S/c1-2-21(27)25-23-19-14-26(15-20(19)23)31(29,30)18-10-8-16(9-11-18)12-22(28)24-13-17-6-4-3-5-7-17/h2-11,19-20,23H,1,12-15H2,(H,24,28)(H,25,27). The molecule has 2 fully saturated rings. The van der Waals surface area contributed by atoms with E-state index in [0.717, 1.165) is 11.1 Å². The maximum absolute atomic E-state index is 12.9. The third-order valence-electron chi connectivity index (χ3n) is 5.91. The highest BCUT2D eigenvalue weighted by atomic mass is 32.2. The minimum Gasteiger partial charge on any atom is -0.352 e. The van der Waals surface area contributed by atoms with E-state index >= 15 is 0 Å². The second-order valence-electron chi connectivity index (χ2n) is 7.97. The number of hydrogen-bond donors (Lipinski definition) is 2. The van der Waals surface area contributed by atoms with Crippen LogP contribution in [0, 0.1) is 11.8 Å². The Balaban J connectivity index is 1.30. The summed E-state index contributed by atoms with van der Waals surface area (Å²) in [5.41, 5.74) is 1.77. The maximum atomic E-state index is 12.9. The number of nitrogens with zero attached hydrogens (tertiary/aromatic N) is 1. The molecule has 31 heavy (non-hydrogen) atoms. The molecule has 7 nitrogen and oxygen atoms in total. The van der Waals surface area contributed by atoms with Crippen molar-refractivity contribution >= 4 is 21.8 Å². The summed E-state index contributed by atoms with van der Waals surface area (Å²) in [5, 5.41) is 5.71. The predicted octanol–water partition coefficient (Wildman–Crippen LogP) is 1.47. The molecule has 2 atom stereocenters. The number of fused-ring (bicyclic) bond motifs is 1. The number of amides is 2. The van der Waals surface area contributed by atoms with Crippen LogP contribution in [0.4, 0.5) is 0 Å². The van der Waals surface area contributed by atoms with Crippen LogP contribution in [-0.2, 0) is 32.6 Å². The highest BCUT2D eigenvalue weighted by Gasteiger charge is 2.58. The summed E-state index contributed by atoms with van der Waals surface area (Å²) >= 11 is 0. The van der Waals surface area contributed by atoms with Crippen molar-refractivity contribution in [1.29, 1.82) is 0 Å². The van der Waals surface area contributed by atoms with Crippen LogP contribution in [0.15, 0.2) is 72.1 Å². The Kier molecular flexibility index (Phi) is 5.93. The fraction of sp³-hybridized carbons (Fsp3) is 0.304. The van der Waals surface area contributed by atoms with Crippen LogP contribution in [0.3, 0.4) is 0 Å². The molecule has 2 aliphatic rings. The van der Waals surface area contributed by atoms with Crippen molar-refractivity contribution in [3.63, 3.8) is 0 Å². The molecule has 4 rings (SSSR count). The molecule has 1 aliphatic carbocycles. The molecule has 8 heteroatoms. The number of piperidine rings is 1. The van der Waals surface area contributed by atoms with Gasteiger partial charge in [0.25, 0.3) is 0 Å². The average Bonchev–Trinajstić information content (AvgIpc) is 3.20. The van der Waals surface area contributed by atoms with Gasteiger partial charge in [-0.2, -0.15) is 4.31 Å². The number of rotatable bonds is 8. The minimum atomic E-state index is -3.59. The van der Waals surface area contributed by atoms with Gasteiger partial charge in [0.1, 0.15) is 0 Å². The lowest BCUT2D eigenvalue weighted by Crippen LogP contribution is -2.36. The molecule has 2 aromatic carbocycles. The Morgan fingerprint density at radius 1 is 1.00 bits per heavy atom. The molecule has 1 heterocycles. The summed E-state index contributed by atoms with van der Waals surface area (Å²) in [5.74, 6) is -0.0265. The third kappa shape index (κ3) is 4.70. The SMILES string of the molecule is C=CC(=O)NC1C2CN(S(=O)(=O)c3ccc(CC(=O)NCc4ccccc4)cc3)CC21. The van der Waals surface area contributed by atoms with Crippen molar-refractivity contribution < 1.29 is 18.0 Å². The fourth-order valence-electron chi connectivity index (χ4n) is 4.09. The smallest absolute Gasteiger partial charge is 0.243 e. The fourth-order valence-corrected chi connectivity index (χ4v) is 5.61. The summed E-state index contributed by atoms with van der Waals surface area (Å²) in [6, 6.07) is 16.1. The highest BCUT2D eigenvalue weighted by molar-refractivity contribution is 7.89. The summed E-state index contributed by atoms with van der Waals surface area (Å²) in [6.45, 7) is 4.69. The van der Waals surface area contributed by atoms with Crippen LogP contribution in [0.25, 0.3) is 0 Å². The number of carbonyl (C=O) groups excluding carboxylic acids is 2. The van der Waals surface area contributed by atoms with Crippen LogP contribution in [0.2, 0.25) is 0 Å². The van der Waals surface area contributed by atoms with Gasteiger partial charge in [-0.15, -0.1) is 0 Å². The molecule has 1 saturated carbocycles. The summed E-state index contributed by atoms with van der Waals surface area (Å²) in [7, 11) is -3.59. The number of hydrogen-bond acceptors (Lipinski definition) is 4. The molecule has 0 radical (unpaired) electrons. The molecule has 0 spiro atoms. The molecular weight excluding hydrogens is 414 g/mol. The van der Waals surface area contributed by atoms with Gasteiger partial charge >= 0.3 is 0 Å². The average molecular weight is 440 g/mol. The normalized spacial score (nSPS) is 22.4. The lowest BCUT2D eigenvalue weighted by atomic mass is 10.1. The Morgan fingerprint density at radius 2 is 1.65 bits per heavy atom. The number of sulfonamides is 1. The molecule has 2 aromatic rings. The molecule has 1 saturated heterocycles. The van der Waals surface area contributed by atoms with Gasteiger partial charge in [-0.1, -0.05) is 49.0 Å². The zero-order chi connectivity index (χ0) is 22.0. The second-order valence-corrected chi connectivity index (χ2v) is 9.91. The van der Waals surface area contributed by atoms with Crippen LogP contribution >= 0.6 is 0 Å². The molecule has 2 amide bonds. The van der Waals surface area contributed by atoms with Crippen LogP contribution < -0.4 is 10.6 Å². The van der Waals surface area contributed by atoms with Crippen molar-refractivity contribution in [2.45, 2.75) is 23.9 Å². The number of carbonyl (C=O) groups is 2. The Labute approximate surface area is 182 Å². The Hall–Kier alpha value is -2.97. The maximum Gasteiger partial charge on any atom is 0.243 e. The first-order valence-corrected chi connectivity index (χ1v) is 11.6. The van der Waals surface area contributed by atoms with E-state index in [1.165, 1.54) is 10.4 Å². The zero-order valence-corrected chi connectivity index (χ0v) is 17.8. The molecule has 162 valence electrons. The van der Waals surface area contributed by atoms with E-state index < -0.39 is 10.0 Å². The molecular formula is C23H25N3O4S. The molecule has 1 aliphatic heterocycles. The van der Waals surface area contributed by atoms with Gasteiger partial charge in [0.15, 0.2) is 0 Å². The van der Waals surface area contributed by atoms with E-state index in [-0.39, 0.29) is 41.0 Å². The first kappa shape index (κ1) is 21.3. The molecule has 0 bridgehead atoms. The third-order valence-corrected chi connectivity index (χ3v) is 7.76. The molecule has 2 N–H and O–H groups in total. The van der Waals surface area contributed by atoms with Crippen LogP contribution in [0.5, 0.6) is 0 Å². The Morgan fingerprint density at radius 3 is 2.26 bits per heavy atom. The van der Waals surface area contributed by atoms with E-state index in [1.807, 2.05) is 30.3 Å². The largest absolute Gasteiger partial charge is 0.352 e. The van der Waals surface area contributed by atoms with Crippen LogP contribution in [-0.4, -0.2) is 43.7 Å². The van der Waals surface area contributed by atoms with E-state index in [2.05, 4.69) is 17.2 Å². The molecule has 0 aromatic heterocycles. The minimum absolute atomic E-state index is 0.0359. The van der Waals surface area contributed by atoms with E-state index in [0.29, 0.717) is 19.6 Å². The van der Waals surface area contributed by atoms with Crippen molar-refractivity contribution in [3.8, 4) is 0 Å². The monoisotopic (exact) mass is 439 g/mol. The number of nitrogens with one attached hydrogen (secondary N) is 2. The predicted molar refractivity (Wildman–Crippen MR) is 116 cm³/mol. The quantitative estimate of drug-likeness (QED) is 0.609. The van der Waals surface area contributed by atoms with Crippen LogP contribution in [0.1, 0.15) is 11.1 Å². The number of benzene rings is 2. The van der Waals surface area contributed by atoms with E-state index in [4.69, 9.17) is 0 Å². The van der Waals surface area contributed by atoms with Gasteiger partial charge < -0.3 is 10.6 Å². The first-order valence-electron chi connectivity index (χ1n) is 10.2. The first-order chi connectivity index (χ1) is 14.9. The van der Waals surface area contributed by atoms with E-state index in [9.17, 15) is 18.0 Å². The topological polar surface area (TPSA) is 95.6 Å². The van der Waals surface area contributed by atoms with Gasteiger partial charge in [-0.05, 0) is 41.2 Å². The van der Waals surface area contributed by atoms with Gasteiger partial charge in [0, 0.05) is 25.7 Å². The second kappa shape index (κ2) is 8.64. The molecule has 2 unspecified atom stereocenters. The lowest BCUT2D eigenvalue weighted by Gasteiger charge is -2.20. The van der Waals surface area contributed by atoms with E-state index in [1.54, 1.807) is 24.3 Å². The van der Waals surface area contributed by atoms with Crippen molar-refractivity contribution in [1.82, 2.24) is 14.9 Å². The summed E-state index contributed by atoms with van der Waals surface area (Å²) < 4.78 is 27.3. The van der Waals surface area contributed by atoms with Crippen molar-refractivity contribution in [2.24, 2.45) is 11.8 Å². The van der Waals surface area contributed by atoms with Gasteiger partial charge in [-0.25, -0.2) is 8.42 Å². The summed E-state index contributed by atoms with van der Waals surface area (Å²) in [4.78, 5) is 23.8. The summed E-state index contributed by atoms with van der Waals surface area (Å²) in [6.07, 6.45) is 1.41. The van der Waals surface area contributed by atoms with Crippen molar-refractivity contribution in [2.75, 3.05) is 13.1 Å². The van der Waals surface area contributed by atoms with Gasteiger partial charge in [-0.3, -0.25) is 9.59 Å². The zero-order valence-electron chi connectivity index (χ0n) is 17.0. The highest BCUT2D eigenvalue weighted by Crippen LogP contribution is 2.47. The van der Waals surface area contributed by atoms with Gasteiger partial charge in [0.05, 0.1) is 11.3 Å². The van der Waals surface area contributed by atoms with Crippen molar-refractivity contribution in [3.05, 3.63) is 78.4 Å².